The number of aromatic amines is 1. The van der Waals surface area contributed by atoms with Crippen molar-refractivity contribution in [1.29, 1.82) is 0 Å². The zero-order valence-electron chi connectivity index (χ0n) is 16.6. The van der Waals surface area contributed by atoms with Gasteiger partial charge in [-0.1, -0.05) is 0 Å². The fourth-order valence-electron chi connectivity index (χ4n) is 4.15. The van der Waals surface area contributed by atoms with E-state index < -0.39 is 15.9 Å². The zero-order chi connectivity index (χ0) is 21.5. The summed E-state index contributed by atoms with van der Waals surface area (Å²) in [4.78, 5) is 26.2. The summed E-state index contributed by atoms with van der Waals surface area (Å²) in [5.41, 5.74) is 9.06. The number of furan rings is 1. The smallest absolute Gasteiger partial charge is 0.250 e. The molecule has 0 atom stereocenters. The summed E-state index contributed by atoms with van der Waals surface area (Å²) in [7, 11) is -3.19. The number of aldehydes is 1. The molecule has 0 aliphatic carbocycles. The van der Waals surface area contributed by atoms with Gasteiger partial charge in [-0.15, -0.1) is 0 Å². The van der Waals surface area contributed by atoms with Crippen LogP contribution in [0.4, 0.5) is 0 Å². The van der Waals surface area contributed by atoms with Gasteiger partial charge in [-0.25, -0.2) is 12.7 Å². The summed E-state index contributed by atoms with van der Waals surface area (Å²) in [6, 6.07) is 5.24. The highest BCUT2D eigenvalue weighted by molar-refractivity contribution is 7.89. The van der Waals surface area contributed by atoms with Crippen molar-refractivity contribution in [3.8, 4) is 11.1 Å². The molecule has 0 bridgehead atoms. The van der Waals surface area contributed by atoms with Crippen molar-refractivity contribution in [1.82, 2.24) is 9.29 Å². The fraction of sp³-hybridized carbons (Fsp3) is 0.333. The van der Waals surface area contributed by atoms with E-state index in [1.165, 1.54) is 6.26 Å². The van der Waals surface area contributed by atoms with E-state index in [4.69, 9.17) is 10.2 Å². The molecule has 1 aliphatic heterocycles. The average molecular weight is 429 g/mol. The lowest BCUT2D eigenvalue weighted by atomic mass is 9.88. The third kappa shape index (κ3) is 3.54. The van der Waals surface area contributed by atoms with E-state index in [1.807, 2.05) is 12.3 Å². The van der Waals surface area contributed by atoms with Crippen molar-refractivity contribution in [2.75, 3.05) is 18.8 Å². The second-order valence-electron chi connectivity index (χ2n) is 7.48. The fourth-order valence-corrected chi connectivity index (χ4v) is 5.28. The minimum absolute atomic E-state index is 0.101. The molecule has 158 valence electrons. The van der Waals surface area contributed by atoms with E-state index in [9.17, 15) is 18.0 Å². The molecule has 0 saturated carbocycles. The van der Waals surface area contributed by atoms with Gasteiger partial charge in [0, 0.05) is 30.2 Å². The van der Waals surface area contributed by atoms with Crippen LogP contribution in [-0.4, -0.2) is 48.7 Å². The van der Waals surface area contributed by atoms with Gasteiger partial charge in [-0.3, -0.25) is 9.59 Å². The van der Waals surface area contributed by atoms with Crippen molar-refractivity contribution in [2.45, 2.75) is 25.7 Å². The summed E-state index contributed by atoms with van der Waals surface area (Å²) in [5.74, 6) is -0.0977. The monoisotopic (exact) mass is 429 g/mol. The summed E-state index contributed by atoms with van der Waals surface area (Å²) >= 11 is 0. The van der Waals surface area contributed by atoms with Gasteiger partial charge in [0.25, 0.3) is 5.91 Å². The zero-order valence-corrected chi connectivity index (χ0v) is 17.4. The number of carbonyl (C=O) groups is 2. The Morgan fingerprint density at radius 2 is 2.00 bits per heavy atom. The number of nitrogens with zero attached hydrogens (tertiary/aromatic N) is 1. The summed E-state index contributed by atoms with van der Waals surface area (Å²) < 4.78 is 31.0. The lowest BCUT2D eigenvalue weighted by Gasteiger charge is -2.31. The number of aromatic nitrogens is 1. The van der Waals surface area contributed by atoms with Crippen molar-refractivity contribution in [3.63, 3.8) is 0 Å². The standard InChI is InChI=1S/C21H23N3O5S/c1-2-30(27,28)24-5-3-13(4-6-24)19-10-23-20-17(19)8-14(9-18(20)21(22)26)15-7-16(11-25)29-12-15/h7-13,23H,2-6H2,1H3,(H2,22,26). The maximum absolute atomic E-state index is 12.1. The number of carbonyl (C=O) groups excluding carboxylic acids is 2. The molecular weight excluding hydrogens is 406 g/mol. The van der Waals surface area contributed by atoms with Crippen LogP contribution in [0.15, 0.2) is 35.1 Å². The van der Waals surface area contributed by atoms with E-state index >= 15 is 0 Å². The molecule has 2 aromatic heterocycles. The first-order valence-electron chi connectivity index (χ1n) is 9.80. The van der Waals surface area contributed by atoms with Gasteiger partial charge in [0.15, 0.2) is 12.0 Å². The number of hydrogen-bond acceptors (Lipinski definition) is 5. The molecule has 1 saturated heterocycles. The molecule has 0 unspecified atom stereocenters. The molecule has 3 aromatic rings. The number of nitrogens with one attached hydrogen (secondary N) is 1. The predicted octanol–water partition coefficient (Wildman–Crippen LogP) is 2.87. The molecule has 4 rings (SSSR count). The van der Waals surface area contributed by atoms with Crippen molar-refractivity contribution in [3.05, 3.63) is 47.5 Å². The molecule has 30 heavy (non-hydrogen) atoms. The molecule has 9 heteroatoms. The van der Waals surface area contributed by atoms with Gasteiger partial charge >= 0.3 is 0 Å². The largest absolute Gasteiger partial charge is 0.461 e. The second-order valence-corrected chi connectivity index (χ2v) is 9.74. The van der Waals surface area contributed by atoms with E-state index in [0.717, 1.165) is 16.5 Å². The molecular formula is C21H23N3O5S. The quantitative estimate of drug-likeness (QED) is 0.583. The van der Waals surface area contributed by atoms with Crippen molar-refractivity contribution >= 4 is 33.1 Å². The highest BCUT2D eigenvalue weighted by Crippen LogP contribution is 2.37. The molecule has 8 nitrogen and oxygen atoms in total. The number of rotatable bonds is 6. The second kappa shape index (κ2) is 7.73. The van der Waals surface area contributed by atoms with Gasteiger partial charge in [0.1, 0.15) is 0 Å². The van der Waals surface area contributed by atoms with Crippen LogP contribution in [0.3, 0.4) is 0 Å². The summed E-state index contributed by atoms with van der Waals surface area (Å²) in [5, 5.41) is 0.868. The maximum Gasteiger partial charge on any atom is 0.250 e. The van der Waals surface area contributed by atoms with Crippen LogP contribution >= 0.6 is 0 Å². The number of amides is 1. The summed E-state index contributed by atoms with van der Waals surface area (Å²) in [6.07, 6.45) is 5.36. The Morgan fingerprint density at radius 1 is 1.27 bits per heavy atom. The molecule has 1 aliphatic rings. The Kier molecular flexibility index (Phi) is 5.25. The summed E-state index contributed by atoms with van der Waals surface area (Å²) in [6.45, 7) is 2.60. The molecule has 1 amide bonds. The highest BCUT2D eigenvalue weighted by atomic mass is 32.2. The molecule has 0 spiro atoms. The Hall–Kier alpha value is -2.91. The number of primary amides is 1. The highest BCUT2D eigenvalue weighted by Gasteiger charge is 2.29. The number of hydrogen-bond donors (Lipinski definition) is 2. The van der Waals surface area contributed by atoms with Crippen LogP contribution in [0.2, 0.25) is 0 Å². The maximum atomic E-state index is 12.1. The van der Waals surface area contributed by atoms with Crippen molar-refractivity contribution < 1.29 is 22.4 Å². The minimum atomic E-state index is -3.19. The van der Waals surface area contributed by atoms with E-state index in [0.29, 0.717) is 48.9 Å². The molecule has 1 aromatic carbocycles. The third-order valence-electron chi connectivity index (χ3n) is 5.81. The Balaban J connectivity index is 1.73. The average Bonchev–Trinajstić information content (AvgIpc) is 3.40. The van der Waals surface area contributed by atoms with E-state index in [-0.39, 0.29) is 17.4 Å². The first-order valence-corrected chi connectivity index (χ1v) is 11.4. The van der Waals surface area contributed by atoms with Gasteiger partial charge in [0.05, 0.1) is 23.1 Å². The topological polar surface area (TPSA) is 126 Å². The minimum Gasteiger partial charge on any atom is -0.461 e. The number of H-pyrrole nitrogens is 1. The van der Waals surface area contributed by atoms with Gasteiger partial charge < -0.3 is 15.1 Å². The number of sulfonamides is 1. The SMILES string of the molecule is CCS(=O)(=O)N1CCC(c2c[nH]c3c(C(N)=O)cc(-c4coc(C=O)c4)cc23)CC1. The normalized spacial score (nSPS) is 16.2. The number of piperidine rings is 1. The Morgan fingerprint density at radius 3 is 2.60 bits per heavy atom. The van der Waals surface area contributed by atoms with Gasteiger partial charge in [0.2, 0.25) is 10.0 Å². The number of fused-ring (bicyclic) bond motifs is 1. The number of nitrogens with two attached hydrogens (primary N) is 1. The van der Waals surface area contributed by atoms with Crippen LogP contribution in [0.1, 0.15) is 52.2 Å². The Bertz CT molecular complexity index is 1220. The van der Waals surface area contributed by atoms with Crippen molar-refractivity contribution in [2.24, 2.45) is 5.73 Å². The van der Waals surface area contributed by atoms with E-state index in [2.05, 4.69) is 4.98 Å². The lowest BCUT2D eigenvalue weighted by molar-refractivity contribution is 0.100. The first kappa shape index (κ1) is 20.4. The van der Waals surface area contributed by atoms with Crippen LogP contribution in [0.25, 0.3) is 22.0 Å². The van der Waals surface area contributed by atoms with Gasteiger partial charge in [-0.05, 0) is 55.0 Å². The van der Waals surface area contributed by atoms with Crippen LogP contribution < -0.4 is 5.73 Å². The first-order chi connectivity index (χ1) is 14.3. The molecule has 3 N–H and O–H groups in total. The molecule has 3 heterocycles. The van der Waals surface area contributed by atoms with Crippen LogP contribution in [-0.2, 0) is 10.0 Å². The Labute approximate surface area is 174 Å². The molecule has 1 fully saturated rings. The lowest BCUT2D eigenvalue weighted by Crippen LogP contribution is -2.38. The van der Waals surface area contributed by atoms with Gasteiger partial charge in [-0.2, -0.15) is 0 Å². The van der Waals surface area contributed by atoms with E-state index in [1.54, 1.807) is 23.4 Å². The number of benzene rings is 1. The van der Waals surface area contributed by atoms with Crippen LogP contribution in [0.5, 0.6) is 0 Å². The predicted molar refractivity (Wildman–Crippen MR) is 113 cm³/mol. The third-order valence-corrected chi connectivity index (χ3v) is 7.69. The molecule has 0 radical (unpaired) electrons. The van der Waals surface area contributed by atoms with Crippen LogP contribution in [0, 0.1) is 0 Å².